The molecule has 4 heteroatoms. The van der Waals surface area contributed by atoms with Gasteiger partial charge in [0, 0.05) is 5.39 Å². The molecule has 0 amide bonds. The normalized spacial score (nSPS) is 10.7. The number of rotatable bonds is 5. The fourth-order valence-corrected chi connectivity index (χ4v) is 3.08. The van der Waals surface area contributed by atoms with Crippen LogP contribution in [0.3, 0.4) is 0 Å². The molecule has 116 valence electrons. The molecule has 2 aromatic carbocycles. The highest BCUT2D eigenvalue weighted by atomic mass is 32.2. The summed E-state index contributed by atoms with van der Waals surface area (Å²) in [4.78, 5) is 16.4. The molecule has 0 atom stereocenters. The van der Waals surface area contributed by atoms with Gasteiger partial charge in [-0.25, -0.2) is 4.98 Å². The van der Waals surface area contributed by atoms with Gasteiger partial charge in [-0.05, 0) is 30.2 Å². The Hall–Kier alpha value is -2.33. The molecular weight excluding hydrogens is 306 g/mol. The zero-order chi connectivity index (χ0) is 16.1. The number of aromatic nitrogens is 1. The Morgan fingerprint density at radius 2 is 1.83 bits per heavy atom. The van der Waals surface area contributed by atoms with Crippen LogP contribution in [0, 0.1) is 6.92 Å². The molecule has 0 fully saturated rings. The Kier molecular flexibility index (Phi) is 4.93. The van der Waals surface area contributed by atoms with Crippen LogP contribution < -0.4 is 0 Å². The van der Waals surface area contributed by atoms with E-state index in [-0.39, 0.29) is 11.7 Å². The second-order valence-electron chi connectivity index (χ2n) is 5.23. The Morgan fingerprint density at radius 3 is 2.65 bits per heavy atom. The topological polar surface area (TPSA) is 39.2 Å². The van der Waals surface area contributed by atoms with Crippen molar-refractivity contribution in [2.45, 2.75) is 18.6 Å². The summed E-state index contributed by atoms with van der Waals surface area (Å²) in [6.07, 6.45) is 0. The van der Waals surface area contributed by atoms with Crippen LogP contribution in [0.5, 0.6) is 0 Å². The smallest absolute Gasteiger partial charge is 0.316 e. The van der Waals surface area contributed by atoms with Gasteiger partial charge in [0.1, 0.15) is 6.61 Å². The number of hydrogen-bond acceptors (Lipinski definition) is 4. The number of ether oxygens (including phenoxy) is 1. The van der Waals surface area contributed by atoms with Crippen molar-refractivity contribution in [1.82, 2.24) is 4.98 Å². The lowest BCUT2D eigenvalue weighted by molar-refractivity contribution is -0.141. The highest BCUT2D eigenvalue weighted by molar-refractivity contribution is 7.99. The first-order valence-corrected chi connectivity index (χ1v) is 8.40. The van der Waals surface area contributed by atoms with Crippen molar-refractivity contribution in [3.8, 4) is 0 Å². The summed E-state index contributed by atoms with van der Waals surface area (Å²) >= 11 is 1.41. The van der Waals surface area contributed by atoms with Crippen molar-refractivity contribution in [2.75, 3.05) is 5.75 Å². The number of nitrogens with zero attached hydrogens (tertiary/aromatic N) is 1. The van der Waals surface area contributed by atoms with Gasteiger partial charge < -0.3 is 4.74 Å². The van der Waals surface area contributed by atoms with Crippen LogP contribution in [0.25, 0.3) is 10.9 Å². The highest BCUT2D eigenvalue weighted by Gasteiger charge is 2.08. The highest BCUT2D eigenvalue weighted by Crippen LogP contribution is 2.23. The summed E-state index contributed by atoms with van der Waals surface area (Å²) in [7, 11) is 0. The maximum atomic E-state index is 11.9. The number of esters is 1. The number of carbonyl (C=O) groups excluding carboxylic acids is 1. The quantitative estimate of drug-likeness (QED) is 0.516. The molecule has 0 saturated carbocycles. The van der Waals surface area contributed by atoms with Crippen LogP contribution in [-0.4, -0.2) is 16.7 Å². The molecule has 3 aromatic rings. The molecule has 1 heterocycles. The van der Waals surface area contributed by atoms with E-state index in [4.69, 9.17) is 4.74 Å². The number of pyridine rings is 1. The van der Waals surface area contributed by atoms with Gasteiger partial charge in [-0.3, -0.25) is 4.79 Å². The van der Waals surface area contributed by atoms with Crippen molar-refractivity contribution in [2.24, 2.45) is 0 Å². The van der Waals surface area contributed by atoms with Crippen LogP contribution in [0.1, 0.15) is 11.1 Å². The minimum atomic E-state index is -0.230. The summed E-state index contributed by atoms with van der Waals surface area (Å²) < 4.78 is 5.28. The molecular formula is C19H17NO2S. The molecule has 0 aliphatic carbocycles. The van der Waals surface area contributed by atoms with Crippen LogP contribution in [0.2, 0.25) is 0 Å². The maximum absolute atomic E-state index is 11.9. The number of carbonyl (C=O) groups is 1. The fourth-order valence-electron chi connectivity index (χ4n) is 2.31. The van der Waals surface area contributed by atoms with Gasteiger partial charge in [0.2, 0.25) is 0 Å². The van der Waals surface area contributed by atoms with Gasteiger partial charge in [0.15, 0.2) is 0 Å². The third-order valence-corrected chi connectivity index (χ3v) is 4.37. The molecule has 0 unspecified atom stereocenters. The molecule has 3 rings (SSSR count). The summed E-state index contributed by atoms with van der Waals surface area (Å²) in [6, 6.07) is 19.7. The molecule has 0 aliphatic rings. The van der Waals surface area contributed by atoms with E-state index in [0.717, 1.165) is 27.1 Å². The largest absolute Gasteiger partial charge is 0.460 e. The zero-order valence-corrected chi connectivity index (χ0v) is 13.7. The van der Waals surface area contributed by atoms with E-state index in [1.807, 2.05) is 54.6 Å². The summed E-state index contributed by atoms with van der Waals surface area (Å²) in [5.74, 6) is 0.0314. The van der Waals surface area contributed by atoms with Crippen LogP contribution in [0.15, 0.2) is 65.7 Å². The van der Waals surface area contributed by atoms with Crippen molar-refractivity contribution in [3.63, 3.8) is 0 Å². The van der Waals surface area contributed by atoms with Gasteiger partial charge in [-0.1, -0.05) is 60.3 Å². The number of thioether (sulfide) groups is 1. The second kappa shape index (κ2) is 7.29. The first-order valence-electron chi connectivity index (χ1n) is 7.41. The first-order chi connectivity index (χ1) is 11.2. The van der Waals surface area contributed by atoms with Crippen molar-refractivity contribution in [1.29, 1.82) is 0 Å². The summed E-state index contributed by atoms with van der Waals surface area (Å²) in [6.45, 7) is 2.37. The zero-order valence-electron chi connectivity index (χ0n) is 12.9. The maximum Gasteiger partial charge on any atom is 0.316 e. The number of fused-ring (bicyclic) bond motifs is 1. The average Bonchev–Trinajstić information content (AvgIpc) is 2.59. The molecule has 0 aliphatic heterocycles. The molecule has 1 aromatic heterocycles. The minimum absolute atomic E-state index is 0.230. The van der Waals surface area contributed by atoms with E-state index >= 15 is 0 Å². The minimum Gasteiger partial charge on any atom is -0.460 e. The number of para-hydroxylation sites is 1. The van der Waals surface area contributed by atoms with E-state index in [1.54, 1.807) is 0 Å². The molecule has 3 nitrogen and oxygen atoms in total. The van der Waals surface area contributed by atoms with E-state index in [1.165, 1.54) is 11.8 Å². The predicted octanol–water partition coefficient (Wildman–Crippen LogP) is 4.38. The summed E-state index contributed by atoms with van der Waals surface area (Å²) in [5, 5.41) is 1.99. The second-order valence-corrected chi connectivity index (χ2v) is 6.23. The van der Waals surface area contributed by atoms with E-state index in [2.05, 4.69) is 18.0 Å². The standard InChI is InChI=1S/C19H17NO2S/c1-14-11-18(20-17-10-6-5-9-16(14)17)23-13-19(21)22-12-15-7-3-2-4-8-15/h2-11H,12-13H2,1H3. The van der Waals surface area contributed by atoms with Crippen LogP contribution in [-0.2, 0) is 16.1 Å². The molecule has 0 spiro atoms. The van der Waals surface area contributed by atoms with Gasteiger partial charge in [-0.2, -0.15) is 0 Å². The Bertz CT molecular complexity index is 818. The fraction of sp³-hybridized carbons (Fsp3) is 0.158. The number of hydrogen-bond donors (Lipinski definition) is 0. The molecule has 0 saturated heterocycles. The SMILES string of the molecule is Cc1cc(SCC(=O)OCc2ccccc2)nc2ccccc12. The van der Waals surface area contributed by atoms with E-state index in [0.29, 0.717) is 6.61 Å². The average molecular weight is 323 g/mol. The molecule has 0 bridgehead atoms. The summed E-state index contributed by atoms with van der Waals surface area (Å²) in [5.41, 5.74) is 3.11. The Labute approximate surface area is 139 Å². The number of aryl methyl sites for hydroxylation is 1. The van der Waals surface area contributed by atoms with Crippen LogP contribution in [0.4, 0.5) is 0 Å². The van der Waals surface area contributed by atoms with Gasteiger partial charge in [-0.15, -0.1) is 0 Å². The molecule has 23 heavy (non-hydrogen) atoms. The number of benzene rings is 2. The third-order valence-electron chi connectivity index (χ3n) is 3.48. The lowest BCUT2D eigenvalue weighted by Crippen LogP contribution is -2.07. The Balaban J connectivity index is 1.58. The van der Waals surface area contributed by atoms with Crippen molar-refractivity contribution < 1.29 is 9.53 Å². The molecule has 0 radical (unpaired) electrons. The first kappa shape index (κ1) is 15.6. The van der Waals surface area contributed by atoms with Crippen molar-refractivity contribution >= 4 is 28.6 Å². The van der Waals surface area contributed by atoms with Gasteiger partial charge in [0.25, 0.3) is 0 Å². The van der Waals surface area contributed by atoms with Gasteiger partial charge >= 0.3 is 5.97 Å². The van der Waals surface area contributed by atoms with Gasteiger partial charge in [0.05, 0.1) is 16.3 Å². The predicted molar refractivity (Wildman–Crippen MR) is 93.4 cm³/mol. The van der Waals surface area contributed by atoms with E-state index < -0.39 is 0 Å². The lowest BCUT2D eigenvalue weighted by Gasteiger charge is -2.07. The van der Waals surface area contributed by atoms with Crippen LogP contribution >= 0.6 is 11.8 Å². The van der Waals surface area contributed by atoms with Crippen molar-refractivity contribution in [3.05, 3.63) is 71.8 Å². The third kappa shape index (κ3) is 4.11. The molecule has 0 N–H and O–H groups in total. The lowest BCUT2D eigenvalue weighted by atomic mass is 10.1. The van der Waals surface area contributed by atoms with E-state index in [9.17, 15) is 4.79 Å². The monoisotopic (exact) mass is 323 g/mol. The Morgan fingerprint density at radius 1 is 1.09 bits per heavy atom.